The van der Waals surface area contributed by atoms with Gasteiger partial charge in [-0.2, -0.15) is 10.2 Å². The lowest BCUT2D eigenvalue weighted by Crippen LogP contribution is -2.45. The van der Waals surface area contributed by atoms with E-state index >= 15 is 0 Å². The lowest BCUT2D eigenvalue weighted by atomic mass is 10.0. The average Bonchev–Trinajstić information content (AvgIpc) is 2.95. The van der Waals surface area contributed by atoms with Crippen LogP contribution in [-0.2, 0) is 11.2 Å². The molecule has 0 radical (unpaired) electrons. The maximum atomic E-state index is 13.4. The molecule has 0 aliphatic rings. The van der Waals surface area contributed by atoms with Gasteiger partial charge in [0.2, 0.25) is 17.8 Å². The number of hydrogen-bond donors (Lipinski definition) is 6. The summed E-state index contributed by atoms with van der Waals surface area (Å²) in [6.07, 6.45) is 0.283. The summed E-state index contributed by atoms with van der Waals surface area (Å²) < 4.78 is 0. The Labute approximate surface area is 231 Å². The number of hydrogen-bond acceptors (Lipinski definition) is 6. The predicted molar refractivity (Wildman–Crippen MR) is 159 cm³/mol. The highest BCUT2D eigenvalue weighted by atomic mass is 16.2. The minimum Gasteiger partial charge on any atom is -0.369 e. The first-order valence-corrected chi connectivity index (χ1v) is 12.2. The van der Waals surface area contributed by atoms with Crippen LogP contribution < -0.4 is 33.6 Å². The summed E-state index contributed by atoms with van der Waals surface area (Å²) in [6, 6.07) is 22.4. The highest BCUT2D eigenvalue weighted by Crippen LogP contribution is 2.14. The first-order chi connectivity index (χ1) is 19.1. The fourth-order valence-corrected chi connectivity index (χ4v) is 3.59. The van der Waals surface area contributed by atoms with E-state index in [1.54, 1.807) is 62.4 Å². The van der Waals surface area contributed by atoms with Crippen LogP contribution in [0.25, 0.3) is 0 Å². The summed E-state index contributed by atoms with van der Waals surface area (Å²) in [5.74, 6) is -1.12. The van der Waals surface area contributed by atoms with Gasteiger partial charge in [0.1, 0.15) is 6.04 Å². The molecule has 2 amide bonds. The maximum Gasteiger partial charge on any atom is 0.251 e. The zero-order valence-corrected chi connectivity index (χ0v) is 22.2. The van der Waals surface area contributed by atoms with E-state index in [1.807, 2.05) is 30.3 Å². The molecule has 0 unspecified atom stereocenters. The second kappa shape index (κ2) is 13.9. The number of anilines is 1. The normalized spacial score (nSPS) is 12.2. The average molecular weight is 541 g/mol. The van der Waals surface area contributed by atoms with E-state index in [9.17, 15) is 9.59 Å². The van der Waals surface area contributed by atoms with Crippen molar-refractivity contribution in [2.24, 2.45) is 43.3 Å². The molecule has 0 aromatic heterocycles. The van der Waals surface area contributed by atoms with Crippen LogP contribution in [0.15, 0.2) is 99.3 Å². The number of carbonyl (C=O) groups is 2. The number of guanidine groups is 2. The van der Waals surface area contributed by atoms with Crippen molar-refractivity contribution in [2.75, 3.05) is 5.32 Å². The molecule has 3 aromatic rings. The second-order valence-corrected chi connectivity index (χ2v) is 8.78. The highest BCUT2D eigenvalue weighted by molar-refractivity contribution is 6.04. The zero-order valence-electron chi connectivity index (χ0n) is 22.2. The van der Waals surface area contributed by atoms with Crippen molar-refractivity contribution in [1.29, 1.82) is 0 Å². The van der Waals surface area contributed by atoms with E-state index in [0.717, 1.165) is 11.1 Å². The second-order valence-electron chi connectivity index (χ2n) is 8.78. The van der Waals surface area contributed by atoms with Gasteiger partial charge < -0.3 is 33.6 Å². The van der Waals surface area contributed by atoms with Crippen LogP contribution in [0.4, 0.5) is 5.69 Å². The molecule has 0 aliphatic heterocycles. The molecule has 1 atom stereocenters. The summed E-state index contributed by atoms with van der Waals surface area (Å²) in [5, 5.41) is 20.9. The Balaban J connectivity index is 1.80. The molecular weight excluding hydrogens is 508 g/mol. The Morgan fingerprint density at radius 2 is 1.27 bits per heavy atom. The SMILES string of the molecule is C/C(=N\N=C(N)N)c1ccc(NC(=O)[C@H](Cc2ccccc2)NC(=O)c2cccc(/C(C)=N/N=C(N)N)c2)cc1. The quantitative estimate of drug-likeness (QED) is 0.128. The van der Waals surface area contributed by atoms with Gasteiger partial charge in [0.25, 0.3) is 5.91 Å². The summed E-state index contributed by atoms with van der Waals surface area (Å²) >= 11 is 0. The van der Waals surface area contributed by atoms with Crippen molar-refractivity contribution in [3.63, 3.8) is 0 Å². The molecule has 0 aliphatic carbocycles. The van der Waals surface area contributed by atoms with E-state index in [1.165, 1.54) is 0 Å². The standard InChI is InChI=1S/C28H32N10O2/c1-17(35-37-27(29)30)20-11-13-23(14-12-20)33-26(40)24(15-19-7-4-3-5-8-19)34-25(39)22-10-6-9-21(16-22)18(2)36-38-28(31)32/h3-14,16,24H,15H2,1-2H3,(H,33,40)(H,34,39)(H4,29,30,37)(H4,31,32,38)/b35-17+,36-18+/t24-/m0/s1. The molecule has 206 valence electrons. The number of carbonyl (C=O) groups excluding carboxylic acids is 2. The molecule has 12 nitrogen and oxygen atoms in total. The van der Waals surface area contributed by atoms with Crippen molar-refractivity contribution in [2.45, 2.75) is 26.3 Å². The first kappa shape index (κ1) is 29.0. The van der Waals surface area contributed by atoms with Crippen LogP contribution >= 0.6 is 0 Å². The summed E-state index contributed by atoms with van der Waals surface area (Å²) in [6.45, 7) is 3.48. The van der Waals surface area contributed by atoms with Crippen LogP contribution in [0.1, 0.15) is 40.9 Å². The molecular formula is C28H32N10O2. The molecule has 12 heteroatoms. The number of amides is 2. The Kier molecular flexibility index (Phi) is 10.1. The lowest BCUT2D eigenvalue weighted by molar-refractivity contribution is -0.118. The fraction of sp³-hybridized carbons (Fsp3) is 0.143. The van der Waals surface area contributed by atoms with Gasteiger partial charge in [-0.25, -0.2) is 0 Å². The minimum atomic E-state index is -0.861. The Morgan fingerprint density at radius 3 is 1.88 bits per heavy atom. The van der Waals surface area contributed by atoms with Crippen LogP contribution in [0.2, 0.25) is 0 Å². The van der Waals surface area contributed by atoms with Gasteiger partial charge >= 0.3 is 0 Å². The Morgan fingerprint density at radius 1 is 0.700 bits per heavy atom. The number of nitrogens with zero attached hydrogens (tertiary/aromatic N) is 4. The minimum absolute atomic E-state index is 0.143. The summed E-state index contributed by atoms with van der Waals surface area (Å²) in [5.41, 5.74) is 25.7. The highest BCUT2D eigenvalue weighted by Gasteiger charge is 2.22. The fourth-order valence-electron chi connectivity index (χ4n) is 3.59. The van der Waals surface area contributed by atoms with Crippen molar-refractivity contribution in [3.05, 3.63) is 101 Å². The molecule has 0 fully saturated rings. The smallest absolute Gasteiger partial charge is 0.251 e. The third kappa shape index (κ3) is 8.80. The van der Waals surface area contributed by atoms with Crippen LogP contribution in [0.3, 0.4) is 0 Å². The van der Waals surface area contributed by atoms with Crippen molar-refractivity contribution in [3.8, 4) is 0 Å². The number of rotatable bonds is 10. The number of nitrogens with one attached hydrogen (secondary N) is 2. The molecule has 10 N–H and O–H groups in total. The van der Waals surface area contributed by atoms with E-state index in [-0.39, 0.29) is 24.2 Å². The van der Waals surface area contributed by atoms with Crippen LogP contribution in [0, 0.1) is 0 Å². The summed E-state index contributed by atoms with van der Waals surface area (Å²) in [7, 11) is 0. The van der Waals surface area contributed by atoms with Gasteiger partial charge in [0.05, 0.1) is 11.4 Å². The van der Waals surface area contributed by atoms with Gasteiger partial charge in [0.15, 0.2) is 0 Å². The first-order valence-electron chi connectivity index (χ1n) is 12.2. The molecule has 3 aromatic carbocycles. The predicted octanol–water partition coefficient (Wildman–Crippen LogP) is 1.66. The molecule has 0 saturated carbocycles. The van der Waals surface area contributed by atoms with Crippen molar-refractivity contribution in [1.82, 2.24) is 5.32 Å². The van der Waals surface area contributed by atoms with Crippen LogP contribution in [-0.4, -0.2) is 41.2 Å². The third-order valence-electron chi connectivity index (χ3n) is 5.65. The molecule has 40 heavy (non-hydrogen) atoms. The largest absolute Gasteiger partial charge is 0.369 e. The molecule has 0 saturated heterocycles. The monoisotopic (exact) mass is 540 g/mol. The van der Waals surface area contributed by atoms with Gasteiger partial charge in [-0.1, -0.05) is 54.6 Å². The van der Waals surface area contributed by atoms with E-state index in [0.29, 0.717) is 28.2 Å². The number of benzene rings is 3. The molecule has 0 spiro atoms. The third-order valence-corrected chi connectivity index (χ3v) is 5.65. The molecule has 0 heterocycles. The van der Waals surface area contributed by atoms with Crippen LogP contribution in [0.5, 0.6) is 0 Å². The van der Waals surface area contributed by atoms with Gasteiger partial charge in [-0.05, 0) is 54.8 Å². The zero-order chi connectivity index (χ0) is 29.1. The van der Waals surface area contributed by atoms with Gasteiger partial charge in [-0.3, -0.25) is 9.59 Å². The van der Waals surface area contributed by atoms with Crippen molar-refractivity contribution < 1.29 is 9.59 Å². The molecule has 0 bridgehead atoms. The Bertz CT molecular complexity index is 1450. The summed E-state index contributed by atoms with van der Waals surface area (Å²) in [4.78, 5) is 26.6. The number of nitrogens with two attached hydrogens (primary N) is 4. The van der Waals surface area contributed by atoms with Crippen molar-refractivity contribution >= 4 is 40.8 Å². The Hall–Kier alpha value is -5.52. The van der Waals surface area contributed by atoms with Gasteiger partial charge in [0, 0.05) is 17.7 Å². The lowest BCUT2D eigenvalue weighted by Gasteiger charge is -2.19. The van der Waals surface area contributed by atoms with E-state index < -0.39 is 11.9 Å². The molecule has 3 rings (SSSR count). The van der Waals surface area contributed by atoms with E-state index in [4.69, 9.17) is 22.9 Å². The van der Waals surface area contributed by atoms with E-state index in [2.05, 4.69) is 31.0 Å². The van der Waals surface area contributed by atoms with Gasteiger partial charge in [-0.15, -0.1) is 10.2 Å². The maximum absolute atomic E-state index is 13.4. The topological polar surface area (TPSA) is 212 Å².